The summed E-state index contributed by atoms with van der Waals surface area (Å²) >= 11 is 0. The Morgan fingerprint density at radius 2 is 1.85 bits per heavy atom. The lowest BCUT2D eigenvalue weighted by atomic mass is 9.85. The zero-order valence-corrected chi connectivity index (χ0v) is 11.9. The number of carbonyl (C=O) groups excluding carboxylic acids is 2. The highest BCUT2D eigenvalue weighted by Gasteiger charge is 2.31. The molecule has 2 rings (SSSR count). The molecule has 1 unspecified atom stereocenters. The van der Waals surface area contributed by atoms with Crippen LogP contribution in [-0.2, 0) is 14.3 Å². The predicted molar refractivity (Wildman–Crippen MR) is 73.0 cm³/mol. The average molecular weight is 284 g/mol. The molecular weight excluding hydrogens is 260 g/mol. The number of nitrogens with two attached hydrogens (primary N) is 1. The molecule has 0 spiro atoms. The van der Waals surface area contributed by atoms with E-state index in [0.29, 0.717) is 38.6 Å². The Kier molecular flexibility index (Phi) is 5.64. The second-order valence-corrected chi connectivity index (χ2v) is 5.60. The SMILES string of the molecule is NC(=O)OC(CC1CCCCC1)C(=O)N1CCOCC1. The number of hydrogen-bond donors (Lipinski definition) is 1. The van der Waals surface area contributed by atoms with Gasteiger partial charge in [-0.1, -0.05) is 32.1 Å². The van der Waals surface area contributed by atoms with E-state index in [1.807, 2.05) is 0 Å². The maximum absolute atomic E-state index is 12.4. The van der Waals surface area contributed by atoms with Crippen LogP contribution in [0.2, 0.25) is 0 Å². The van der Waals surface area contributed by atoms with Crippen molar-refractivity contribution >= 4 is 12.0 Å². The van der Waals surface area contributed by atoms with Crippen molar-refractivity contribution in [1.29, 1.82) is 0 Å². The van der Waals surface area contributed by atoms with E-state index in [2.05, 4.69) is 0 Å². The second kappa shape index (κ2) is 7.47. The smallest absolute Gasteiger partial charge is 0.405 e. The molecule has 1 atom stereocenters. The van der Waals surface area contributed by atoms with Crippen molar-refractivity contribution in [2.45, 2.75) is 44.6 Å². The van der Waals surface area contributed by atoms with Crippen LogP contribution in [-0.4, -0.2) is 49.3 Å². The third-order valence-corrected chi connectivity index (χ3v) is 4.13. The van der Waals surface area contributed by atoms with E-state index in [1.54, 1.807) is 4.90 Å². The molecule has 0 aromatic rings. The third-order valence-electron chi connectivity index (χ3n) is 4.13. The molecule has 1 saturated heterocycles. The van der Waals surface area contributed by atoms with Crippen molar-refractivity contribution in [2.24, 2.45) is 11.7 Å². The molecule has 0 aromatic heterocycles. The van der Waals surface area contributed by atoms with E-state index in [1.165, 1.54) is 19.3 Å². The summed E-state index contributed by atoms with van der Waals surface area (Å²) in [4.78, 5) is 25.2. The van der Waals surface area contributed by atoms with E-state index >= 15 is 0 Å². The van der Waals surface area contributed by atoms with E-state index < -0.39 is 12.2 Å². The molecule has 114 valence electrons. The molecule has 2 amide bonds. The normalized spacial score (nSPS) is 22.3. The minimum atomic E-state index is -0.868. The molecule has 2 fully saturated rings. The van der Waals surface area contributed by atoms with Crippen molar-refractivity contribution in [3.8, 4) is 0 Å². The van der Waals surface area contributed by atoms with Gasteiger partial charge in [0.05, 0.1) is 13.2 Å². The Bertz CT molecular complexity index is 336. The summed E-state index contributed by atoms with van der Waals surface area (Å²) in [5.74, 6) is 0.329. The van der Waals surface area contributed by atoms with Crippen LogP contribution in [0, 0.1) is 5.92 Å². The summed E-state index contributed by atoms with van der Waals surface area (Å²) in [6, 6.07) is 0. The Morgan fingerprint density at radius 3 is 2.45 bits per heavy atom. The topological polar surface area (TPSA) is 81.9 Å². The largest absolute Gasteiger partial charge is 0.436 e. The summed E-state index contributed by atoms with van der Waals surface area (Å²) in [5.41, 5.74) is 5.11. The number of carbonyl (C=O) groups is 2. The van der Waals surface area contributed by atoms with E-state index in [-0.39, 0.29) is 5.91 Å². The molecule has 20 heavy (non-hydrogen) atoms. The fourth-order valence-corrected chi connectivity index (χ4v) is 3.05. The van der Waals surface area contributed by atoms with Crippen molar-refractivity contribution in [1.82, 2.24) is 4.90 Å². The lowest BCUT2D eigenvalue weighted by molar-refractivity contribution is -0.145. The summed E-state index contributed by atoms with van der Waals surface area (Å²) < 4.78 is 10.3. The Balaban J connectivity index is 1.93. The number of morpholine rings is 1. The summed E-state index contributed by atoms with van der Waals surface area (Å²) in [6.07, 6.45) is 4.86. The average Bonchev–Trinajstić information content (AvgIpc) is 2.47. The number of primary amides is 1. The maximum Gasteiger partial charge on any atom is 0.405 e. The Labute approximate surface area is 119 Å². The standard InChI is InChI=1S/C14H24N2O4/c15-14(18)20-12(10-11-4-2-1-3-5-11)13(17)16-6-8-19-9-7-16/h11-12H,1-10H2,(H2,15,18). The highest BCUT2D eigenvalue weighted by molar-refractivity contribution is 5.83. The van der Waals surface area contributed by atoms with Crippen LogP contribution in [0.1, 0.15) is 38.5 Å². The van der Waals surface area contributed by atoms with Crippen molar-refractivity contribution in [3.63, 3.8) is 0 Å². The lowest BCUT2D eigenvalue weighted by Gasteiger charge is -2.32. The van der Waals surface area contributed by atoms with Crippen LogP contribution in [0.15, 0.2) is 0 Å². The van der Waals surface area contributed by atoms with E-state index in [0.717, 1.165) is 12.8 Å². The maximum atomic E-state index is 12.4. The van der Waals surface area contributed by atoms with Crippen LogP contribution >= 0.6 is 0 Å². The monoisotopic (exact) mass is 284 g/mol. The number of rotatable bonds is 4. The van der Waals surface area contributed by atoms with Crippen LogP contribution in [0.5, 0.6) is 0 Å². The van der Waals surface area contributed by atoms with Crippen LogP contribution in [0.4, 0.5) is 4.79 Å². The Hall–Kier alpha value is -1.30. The predicted octanol–water partition coefficient (Wildman–Crippen LogP) is 1.28. The molecule has 6 heteroatoms. The second-order valence-electron chi connectivity index (χ2n) is 5.60. The first-order valence-electron chi connectivity index (χ1n) is 7.49. The first-order valence-corrected chi connectivity index (χ1v) is 7.49. The van der Waals surface area contributed by atoms with Gasteiger partial charge in [-0.25, -0.2) is 4.79 Å². The van der Waals surface area contributed by atoms with Gasteiger partial charge in [-0.3, -0.25) is 4.79 Å². The van der Waals surface area contributed by atoms with Crippen LogP contribution in [0.25, 0.3) is 0 Å². The van der Waals surface area contributed by atoms with Crippen LogP contribution < -0.4 is 5.73 Å². The van der Waals surface area contributed by atoms with E-state index in [9.17, 15) is 9.59 Å². The van der Waals surface area contributed by atoms with Gasteiger partial charge in [0.1, 0.15) is 0 Å². The van der Waals surface area contributed by atoms with Gasteiger partial charge >= 0.3 is 6.09 Å². The van der Waals surface area contributed by atoms with Gasteiger partial charge in [0.2, 0.25) is 0 Å². The molecule has 0 radical (unpaired) electrons. The highest BCUT2D eigenvalue weighted by Crippen LogP contribution is 2.28. The summed E-state index contributed by atoms with van der Waals surface area (Å²) in [5, 5.41) is 0. The molecule has 0 aromatic carbocycles. The number of hydrogen-bond acceptors (Lipinski definition) is 4. The molecule has 1 aliphatic heterocycles. The molecule has 2 aliphatic rings. The quantitative estimate of drug-likeness (QED) is 0.843. The minimum absolute atomic E-state index is 0.127. The lowest BCUT2D eigenvalue weighted by Crippen LogP contribution is -2.48. The number of nitrogens with zero attached hydrogens (tertiary/aromatic N) is 1. The van der Waals surface area contributed by atoms with Gasteiger partial charge in [0, 0.05) is 13.1 Å². The van der Waals surface area contributed by atoms with Gasteiger partial charge in [0.25, 0.3) is 5.91 Å². The van der Waals surface area contributed by atoms with Crippen LogP contribution in [0.3, 0.4) is 0 Å². The van der Waals surface area contributed by atoms with Crippen molar-refractivity contribution in [3.05, 3.63) is 0 Å². The first-order chi connectivity index (χ1) is 9.66. The number of amides is 2. The summed E-state index contributed by atoms with van der Waals surface area (Å²) in [7, 11) is 0. The minimum Gasteiger partial charge on any atom is -0.436 e. The van der Waals surface area contributed by atoms with Gasteiger partial charge < -0.3 is 20.1 Å². The number of ether oxygens (including phenoxy) is 2. The van der Waals surface area contributed by atoms with Gasteiger partial charge in [-0.05, 0) is 12.3 Å². The van der Waals surface area contributed by atoms with Crippen molar-refractivity contribution < 1.29 is 19.1 Å². The fraction of sp³-hybridized carbons (Fsp3) is 0.857. The zero-order chi connectivity index (χ0) is 14.4. The first kappa shape index (κ1) is 15.1. The third kappa shape index (κ3) is 4.37. The van der Waals surface area contributed by atoms with Gasteiger partial charge in [0.15, 0.2) is 6.10 Å². The van der Waals surface area contributed by atoms with Crippen molar-refractivity contribution in [2.75, 3.05) is 26.3 Å². The zero-order valence-electron chi connectivity index (χ0n) is 11.9. The molecule has 1 heterocycles. The van der Waals surface area contributed by atoms with E-state index in [4.69, 9.17) is 15.2 Å². The molecule has 2 N–H and O–H groups in total. The van der Waals surface area contributed by atoms with Gasteiger partial charge in [-0.2, -0.15) is 0 Å². The molecule has 0 bridgehead atoms. The fourth-order valence-electron chi connectivity index (χ4n) is 3.05. The molecule has 1 saturated carbocycles. The molecule has 1 aliphatic carbocycles. The highest BCUT2D eigenvalue weighted by atomic mass is 16.6. The Morgan fingerprint density at radius 1 is 1.20 bits per heavy atom. The molecule has 6 nitrogen and oxygen atoms in total. The summed E-state index contributed by atoms with van der Waals surface area (Å²) in [6.45, 7) is 2.20. The van der Waals surface area contributed by atoms with Gasteiger partial charge in [-0.15, -0.1) is 0 Å². The molecular formula is C14H24N2O4.